The maximum Gasteiger partial charge on any atom is 0.230 e. The molecule has 6 nitrogen and oxygen atoms in total. The topological polar surface area (TPSA) is 61.4 Å². The van der Waals surface area contributed by atoms with Crippen molar-refractivity contribution >= 4 is 34.9 Å². The normalized spacial score (nSPS) is 14.9. The van der Waals surface area contributed by atoms with Crippen molar-refractivity contribution < 1.29 is 4.79 Å². The molecular weight excluding hydrogens is 457 g/mol. The lowest BCUT2D eigenvalue weighted by Gasteiger charge is -2.32. The number of aromatic nitrogens is 2. The molecule has 1 aromatic heterocycles. The van der Waals surface area contributed by atoms with Crippen LogP contribution in [0.25, 0.3) is 0 Å². The Morgan fingerprint density at radius 2 is 1.64 bits per heavy atom. The van der Waals surface area contributed by atoms with Gasteiger partial charge in [0.05, 0.1) is 12.1 Å². The largest absolute Gasteiger partial charge is 0.310 e. The zero-order valence-electron chi connectivity index (χ0n) is 18.6. The van der Waals surface area contributed by atoms with Gasteiger partial charge in [0.15, 0.2) is 0 Å². The molecule has 0 bridgehead atoms. The standard InChI is InChI=1S/C25H27Cl2N5O/c1-31-9-11-32(12-10-31)16-19-7-5-18(6-8-19)13-20-14-24(29-17-28-20)30-25(33)15-21-22(26)3-2-4-23(21)27/h2-8,14,17H,9-13,15-16H2,1H3,(H,28,29,30,33). The van der Waals surface area contributed by atoms with Crippen LogP contribution in [-0.4, -0.2) is 58.9 Å². The molecule has 1 aliphatic rings. The van der Waals surface area contributed by atoms with Crippen molar-refractivity contribution in [3.8, 4) is 0 Å². The van der Waals surface area contributed by atoms with Gasteiger partial charge < -0.3 is 10.2 Å². The third-order valence-corrected chi connectivity index (χ3v) is 6.51. The lowest BCUT2D eigenvalue weighted by molar-refractivity contribution is -0.115. The summed E-state index contributed by atoms with van der Waals surface area (Å²) >= 11 is 12.3. The Balaban J connectivity index is 1.33. The molecule has 8 heteroatoms. The predicted octanol–water partition coefficient (Wildman–Crippen LogP) is 4.30. The second kappa shape index (κ2) is 11.1. The fourth-order valence-corrected chi connectivity index (χ4v) is 4.38. The van der Waals surface area contributed by atoms with E-state index in [1.54, 1.807) is 24.3 Å². The number of hydrogen-bond donors (Lipinski definition) is 1. The zero-order valence-corrected chi connectivity index (χ0v) is 20.1. The highest BCUT2D eigenvalue weighted by Crippen LogP contribution is 2.25. The van der Waals surface area contributed by atoms with Crippen LogP contribution in [0.15, 0.2) is 54.9 Å². The number of nitrogens with one attached hydrogen (secondary N) is 1. The van der Waals surface area contributed by atoms with Crippen LogP contribution in [0.2, 0.25) is 10.0 Å². The lowest BCUT2D eigenvalue weighted by Crippen LogP contribution is -2.43. The highest BCUT2D eigenvalue weighted by Gasteiger charge is 2.14. The third kappa shape index (κ3) is 6.74. The van der Waals surface area contributed by atoms with E-state index >= 15 is 0 Å². The highest BCUT2D eigenvalue weighted by molar-refractivity contribution is 6.36. The van der Waals surface area contributed by atoms with Crippen LogP contribution in [0.1, 0.15) is 22.4 Å². The molecule has 1 aliphatic heterocycles. The van der Waals surface area contributed by atoms with Gasteiger partial charge in [0.1, 0.15) is 12.1 Å². The number of benzene rings is 2. The minimum atomic E-state index is -0.233. The van der Waals surface area contributed by atoms with E-state index in [0.717, 1.165) is 44.0 Å². The van der Waals surface area contributed by atoms with Crippen molar-refractivity contribution in [1.29, 1.82) is 0 Å². The first-order chi connectivity index (χ1) is 16.0. The first kappa shape index (κ1) is 23.6. The zero-order chi connectivity index (χ0) is 23.2. The first-order valence-corrected chi connectivity index (χ1v) is 11.7. The van der Waals surface area contributed by atoms with Gasteiger partial charge in [0.2, 0.25) is 5.91 Å². The molecule has 1 fully saturated rings. The summed E-state index contributed by atoms with van der Waals surface area (Å²) in [6, 6.07) is 15.6. The molecule has 0 unspecified atom stereocenters. The second-order valence-corrected chi connectivity index (χ2v) is 9.21. The summed E-state index contributed by atoms with van der Waals surface area (Å²) in [5.74, 6) is 0.225. The van der Waals surface area contributed by atoms with Crippen molar-refractivity contribution in [3.05, 3.63) is 87.3 Å². The van der Waals surface area contributed by atoms with E-state index < -0.39 is 0 Å². The molecule has 33 heavy (non-hydrogen) atoms. The van der Waals surface area contributed by atoms with Crippen molar-refractivity contribution in [2.45, 2.75) is 19.4 Å². The van der Waals surface area contributed by atoms with Crippen LogP contribution in [0.3, 0.4) is 0 Å². The average Bonchev–Trinajstić information content (AvgIpc) is 2.79. The van der Waals surface area contributed by atoms with E-state index in [-0.39, 0.29) is 12.3 Å². The molecule has 1 saturated heterocycles. The summed E-state index contributed by atoms with van der Waals surface area (Å²) in [5.41, 5.74) is 3.92. The predicted molar refractivity (Wildman–Crippen MR) is 133 cm³/mol. The first-order valence-electron chi connectivity index (χ1n) is 11.0. The van der Waals surface area contributed by atoms with Gasteiger partial charge in [-0.1, -0.05) is 53.5 Å². The Bertz CT molecular complexity index is 1080. The third-order valence-electron chi connectivity index (χ3n) is 5.80. The van der Waals surface area contributed by atoms with Gasteiger partial charge in [0.25, 0.3) is 0 Å². The molecule has 0 radical (unpaired) electrons. The number of nitrogens with zero attached hydrogens (tertiary/aromatic N) is 4. The van der Waals surface area contributed by atoms with E-state index in [4.69, 9.17) is 23.2 Å². The number of anilines is 1. The van der Waals surface area contributed by atoms with Crippen LogP contribution < -0.4 is 5.32 Å². The fourth-order valence-electron chi connectivity index (χ4n) is 3.85. The number of hydrogen-bond acceptors (Lipinski definition) is 5. The molecule has 0 atom stereocenters. The molecule has 2 aromatic carbocycles. The number of amides is 1. The summed E-state index contributed by atoms with van der Waals surface area (Å²) < 4.78 is 0. The summed E-state index contributed by atoms with van der Waals surface area (Å²) in [5, 5.41) is 3.75. The Kier molecular flexibility index (Phi) is 7.93. The molecule has 0 saturated carbocycles. The van der Waals surface area contributed by atoms with Crippen LogP contribution in [0, 0.1) is 0 Å². The quantitative estimate of drug-likeness (QED) is 0.542. The molecular formula is C25H27Cl2N5O. The summed E-state index contributed by atoms with van der Waals surface area (Å²) in [6.07, 6.45) is 2.21. The molecule has 3 aromatic rings. The van der Waals surface area contributed by atoms with Crippen LogP contribution in [0.5, 0.6) is 0 Å². The maximum absolute atomic E-state index is 12.5. The number of halogens is 2. The fraction of sp³-hybridized carbons (Fsp3) is 0.320. The number of carbonyl (C=O) groups excluding carboxylic acids is 1. The van der Waals surface area contributed by atoms with Crippen molar-refractivity contribution in [1.82, 2.24) is 19.8 Å². The molecule has 1 N–H and O–H groups in total. The number of piperazine rings is 1. The van der Waals surface area contributed by atoms with Gasteiger partial charge >= 0.3 is 0 Å². The molecule has 0 spiro atoms. The molecule has 4 rings (SSSR count). The lowest BCUT2D eigenvalue weighted by atomic mass is 10.1. The summed E-state index contributed by atoms with van der Waals surface area (Å²) in [6.45, 7) is 5.44. The van der Waals surface area contributed by atoms with Crippen LogP contribution in [0.4, 0.5) is 5.82 Å². The summed E-state index contributed by atoms with van der Waals surface area (Å²) in [4.78, 5) is 25.9. The van der Waals surface area contributed by atoms with Gasteiger partial charge in [0, 0.05) is 55.3 Å². The van der Waals surface area contributed by atoms with E-state index in [1.807, 2.05) is 0 Å². The maximum atomic E-state index is 12.5. The monoisotopic (exact) mass is 483 g/mol. The molecule has 0 aliphatic carbocycles. The summed E-state index contributed by atoms with van der Waals surface area (Å²) in [7, 11) is 2.17. The van der Waals surface area contributed by atoms with E-state index in [0.29, 0.717) is 27.8 Å². The Morgan fingerprint density at radius 1 is 0.970 bits per heavy atom. The van der Waals surface area contributed by atoms with E-state index in [2.05, 4.69) is 56.4 Å². The number of likely N-dealkylation sites (N-methyl/N-ethyl adjacent to an activating group) is 1. The van der Waals surface area contributed by atoms with Crippen LogP contribution in [-0.2, 0) is 24.2 Å². The van der Waals surface area contributed by atoms with E-state index in [1.165, 1.54) is 11.9 Å². The van der Waals surface area contributed by atoms with Gasteiger partial charge in [-0.15, -0.1) is 0 Å². The number of carbonyl (C=O) groups is 1. The Morgan fingerprint density at radius 3 is 2.33 bits per heavy atom. The van der Waals surface area contributed by atoms with Gasteiger partial charge in [-0.25, -0.2) is 9.97 Å². The van der Waals surface area contributed by atoms with Crippen molar-refractivity contribution in [2.75, 3.05) is 38.5 Å². The Hall–Kier alpha value is -2.51. The van der Waals surface area contributed by atoms with Gasteiger partial charge in [-0.2, -0.15) is 0 Å². The molecule has 172 valence electrons. The van der Waals surface area contributed by atoms with E-state index in [9.17, 15) is 4.79 Å². The highest BCUT2D eigenvalue weighted by atomic mass is 35.5. The minimum absolute atomic E-state index is 0.0760. The minimum Gasteiger partial charge on any atom is -0.310 e. The second-order valence-electron chi connectivity index (χ2n) is 8.39. The van der Waals surface area contributed by atoms with Crippen molar-refractivity contribution in [3.63, 3.8) is 0 Å². The smallest absolute Gasteiger partial charge is 0.230 e. The number of rotatable bonds is 7. The SMILES string of the molecule is CN1CCN(Cc2ccc(Cc3cc(NC(=O)Cc4c(Cl)cccc4Cl)ncn3)cc2)CC1. The Labute approximate surface area is 204 Å². The van der Waals surface area contributed by atoms with Gasteiger partial charge in [-0.3, -0.25) is 9.69 Å². The van der Waals surface area contributed by atoms with Gasteiger partial charge in [-0.05, 0) is 35.9 Å². The molecule has 2 heterocycles. The average molecular weight is 484 g/mol. The van der Waals surface area contributed by atoms with Crippen LogP contribution >= 0.6 is 23.2 Å². The molecule has 1 amide bonds. The van der Waals surface area contributed by atoms with Crippen molar-refractivity contribution in [2.24, 2.45) is 0 Å².